The van der Waals surface area contributed by atoms with Gasteiger partial charge in [0.2, 0.25) is 5.82 Å². The molecule has 27 heavy (non-hydrogen) atoms. The Morgan fingerprint density at radius 1 is 1.04 bits per heavy atom. The Morgan fingerprint density at radius 2 is 1.85 bits per heavy atom. The van der Waals surface area contributed by atoms with Crippen LogP contribution >= 0.6 is 11.6 Å². The van der Waals surface area contributed by atoms with Crippen LogP contribution in [0.25, 0.3) is 23.0 Å². The summed E-state index contributed by atoms with van der Waals surface area (Å²) in [6, 6.07) is 17.4. The zero-order valence-electron chi connectivity index (χ0n) is 14.2. The molecular formula is C20H15ClN4O2. The second kappa shape index (κ2) is 6.64. The van der Waals surface area contributed by atoms with Gasteiger partial charge in [-0.15, -0.1) is 0 Å². The summed E-state index contributed by atoms with van der Waals surface area (Å²) in [5.41, 5.74) is 3.45. The van der Waals surface area contributed by atoms with Crippen molar-refractivity contribution in [3.63, 3.8) is 0 Å². The van der Waals surface area contributed by atoms with Crippen LogP contribution in [0.5, 0.6) is 0 Å². The van der Waals surface area contributed by atoms with Crippen LogP contribution in [0.1, 0.15) is 17.4 Å². The van der Waals surface area contributed by atoms with E-state index in [-0.39, 0.29) is 6.10 Å². The van der Waals surface area contributed by atoms with Gasteiger partial charge in [0.25, 0.3) is 5.89 Å². The fourth-order valence-corrected chi connectivity index (χ4v) is 3.51. The molecule has 1 aliphatic heterocycles. The van der Waals surface area contributed by atoms with Crippen LogP contribution in [0.15, 0.2) is 65.4 Å². The van der Waals surface area contributed by atoms with E-state index in [0.717, 1.165) is 16.8 Å². The molecule has 0 N–H and O–H groups in total. The van der Waals surface area contributed by atoms with Crippen LogP contribution in [-0.2, 0) is 17.9 Å². The lowest BCUT2D eigenvalue weighted by atomic mass is 10.1. The van der Waals surface area contributed by atoms with Gasteiger partial charge in [-0.25, -0.2) is 4.98 Å². The molecule has 0 unspecified atom stereocenters. The van der Waals surface area contributed by atoms with Gasteiger partial charge in [0, 0.05) is 16.1 Å². The van der Waals surface area contributed by atoms with E-state index < -0.39 is 0 Å². The number of aromatic nitrogens is 4. The van der Waals surface area contributed by atoms with Crippen molar-refractivity contribution >= 4 is 11.6 Å². The highest BCUT2D eigenvalue weighted by Crippen LogP contribution is 2.34. The zero-order chi connectivity index (χ0) is 18.2. The fourth-order valence-electron chi connectivity index (χ4n) is 3.25. The molecule has 0 radical (unpaired) electrons. The average Bonchev–Trinajstić information content (AvgIpc) is 3.35. The number of fused-ring (bicyclic) bond motifs is 1. The minimum Gasteiger partial charge on any atom is -0.365 e. The summed E-state index contributed by atoms with van der Waals surface area (Å²) >= 11 is 6.31. The monoisotopic (exact) mass is 378 g/mol. The largest absolute Gasteiger partial charge is 0.365 e. The van der Waals surface area contributed by atoms with E-state index in [2.05, 4.69) is 19.7 Å². The summed E-state index contributed by atoms with van der Waals surface area (Å²) < 4.78 is 13.5. The van der Waals surface area contributed by atoms with Crippen LogP contribution in [0, 0.1) is 0 Å². The van der Waals surface area contributed by atoms with Crippen molar-refractivity contribution in [2.24, 2.45) is 0 Å². The van der Waals surface area contributed by atoms with Gasteiger partial charge in [-0.3, -0.25) is 0 Å². The van der Waals surface area contributed by atoms with Crippen LogP contribution < -0.4 is 0 Å². The molecule has 134 valence electrons. The summed E-state index contributed by atoms with van der Waals surface area (Å²) in [5, 5.41) is 4.78. The molecule has 6 nitrogen and oxygen atoms in total. The Balaban J connectivity index is 1.44. The Bertz CT molecular complexity index is 1090. The van der Waals surface area contributed by atoms with E-state index in [4.69, 9.17) is 20.9 Å². The first-order valence-electron chi connectivity index (χ1n) is 8.59. The van der Waals surface area contributed by atoms with Crippen molar-refractivity contribution in [3.05, 3.63) is 77.2 Å². The Morgan fingerprint density at radius 3 is 2.70 bits per heavy atom. The highest BCUT2D eigenvalue weighted by atomic mass is 35.5. The summed E-state index contributed by atoms with van der Waals surface area (Å²) in [6.07, 6.45) is 1.67. The second-order valence-electron chi connectivity index (χ2n) is 6.30. The highest BCUT2D eigenvalue weighted by Gasteiger charge is 2.27. The summed E-state index contributed by atoms with van der Waals surface area (Å²) in [4.78, 5) is 8.97. The number of benzene rings is 2. The van der Waals surface area contributed by atoms with Crippen LogP contribution in [0.2, 0.25) is 5.02 Å². The Labute approximate surface area is 160 Å². The number of hydrogen-bond acceptors (Lipinski definition) is 5. The number of hydrogen-bond donors (Lipinski definition) is 0. The first kappa shape index (κ1) is 16.2. The molecule has 0 saturated carbocycles. The number of rotatable bonds is 3. The topological polar surface area (TPSA) is 66.0 Å². The third-order valence-corrected chi connectivity index (χ3v) is 4.99. The van der Waals surface area contributed by atoms with Gasteiger partial charge >= 0.3 is 0 Å². The molecule has 0 saturated heterocycles. The smallest absolute Gasteiger partial charge is 0.278 e. The number of imidazole rings is 1. The van der Waals surface area contributed by atoms with E-state index in [0.29, 0.717) is 35.6 Å². The molecule has 7 heteroatoms. The third-order valence-electron chi connectivity index (χ3n) is 4.64. The maximum atomic E-state index is 6.31. The van der Waals surface area contributed by atoms with Crippen molar-refractivity contribution in [1.82, 2.24) is 19.7 Å². The summed E-state index contributed by atoms with van der Waals surface area (Å²) in [7, 11) is 0. The van der Waals surface area contributed by atoms with Gasteiger partial charge < -0.3 is 13.8 Å². The van der Waals surface area contributed by atoms with Gasteiger partial charge in [0.1, 0.15) is 6.10 Å². The minimum atomic E-state index is -0.115. The fraction of sp³-hybridized carbons (Fsp3) is 0.150. The first-order chi connectivity index (χ1) is 13.3. The van der Waals surface area contributed by atoms with Crippen molar-refractivity contribution in [2.45, 2.75) is 19.3 Å². The molecule has 2 aromatic carbocycles. The second-order valence-corrected chi connectivity index (χ2v) is 6.71. The molecule has 4 aromatic rings. The molecule has 0 aliphatic carbocycles. The number of halogens is 1. The number of nitrogens with zero attached hydrogens (tertiary/aromatic N) is 4. The van der Waals surface area contributed by atoms with Gasteiger partial charge in [-0.05, 0) is 6.07 Å². The molecule has 0 bridgehead atoms. The van der Waals surface area contributed by atoms with Crippen LogP contribution in [0.3, 0.4) is 0 Å². The van der Waals surface area contributed by atoms with E-state index in [1.54, 1.807) is 6.33 Å². The molecule has 2 aromatic heterocycles. The number of ether oxygens (including phenoxy) is 1. The highest BCUT2D eigenvalue weighted by molar-refractivity contribution is 6.31. The first-order valence-corrected chi connectivity index (χ1v) is 8.97. The molecule has 0 spiro atoms. The summed E-state index contributed by atoms with van der Waals surface area (Å²) in [6.45, 7) is 1.03. The van der Waals surface area contributed by atoms with Gasteiger partial charge in [-0.2, -0.15) is 4.98 Å². The Hall–Kier alpha value is -2.96. The van der Waals surface area contributed by atoms with Crippen LogP contribution in [0.4, 0.5) is 0 Å². The standard InChI is InChI=1S/C20H15ClN4O2/c21-15-9-5-4-8-14(15)17-10-25-12-22-18(16(25)11-26-17)20-23-19(24-27-20)13-6-2-1-3-7-13/h1-9,12,17H,10-11H2/t17-/m1/s1. The predicted molar refractivity (Wildman–Crippen MR) is 99.9 cm³/mol. The van der Waals surface area contributed by atoms with Gasteiger partial charge in [-0.1, -0.05) is 65.3 Å². The Kier molecular flexibility index (Phi) is 3.99. The van der Waals surface area contributed by atoms with Crippen molar-refractivity contribution in [3.8, 4) is 23.0 Å². The van der Waals surface area contributed by atoms with Crippen molar-refractivity contribution in [2.75, 3.05) is 0 Å². The average molecular weight is 379 g/mol. The zero-order valence-corrected chi connectivity index (χ0v) is 15.0. The third kappa shape index (κ3) is 2.93. The molecule has 1 atom stereocenters. The van der Waals surface area contributed by atoms with Crippen molar-refractivity contribution < 1.29 is 9.26 Å². The summed E-state index contributed by atoms with van der Waals surface area (Å²) in [5.74, 6) is 0.931. The predicted octanol–water partition coefficient (Wildman–Crippen LogP) is 4.53. The minimum absolute atomic E-state index is 0.115. The van der Waals surface area contributed by atoms with E-state index in [1.807, 2.05) is 54.6 Å². The molecular weight excluding hydrogens is 364 g/mol. The van der Waals surface area contributed by atoms with Crippen LogP contribution in [-0.4, -0.2) is 19.7 Å². The molecule has 3 heterocycles. The molecule has 0 amide bonds. The lowest BCUT2D eigenvalue weighted by Crippen LogP contribution is -2.20. The van der Waals surface area contributed by atoms with Gasteiger partial charge in [0.05, 0.1) is 25.2 Å². The van der Waals surface area contributed by atoms with E-state index in [9.17, 15) is 0 Å². The SMILES string of the molecule is Clc1ccccc1[C@H]1Cn2cnc(-c3nc(-c4ccccc4)no3)c2CO1. The molecule has 5 rings (SSSR count). The van der Waals surface area contributed by atoms with Crippen molar-refractivity contribution in [1.29, 1.82) is 0 Å². The van der Waals surface area contributed by atoms with E-state index >= 15 is 0 Å². The van der Waals surface area contributed by atoms with E-state index in [1.165, 1.54) is 0 Å². The lowest BCUT2D eigenvalue weighted by Gasteiger charge is -2.26. The maximum absolute atomic E-state index is 6.31. The quantitative estimate of drug-likeness (QED) is 0.524. The molecule has 0 fully saturated rings. The normalized spacial score (nSPS) is 16.3. The maximum Gasteiger partial charge on any atom is 0.278 e. The molecule has 1 aliphatic rings. The lowest BCUT2D eigenvalue weighted by molar-refractivity contribution is 0.00336. The van der Waals surface area contributed by atoms with Gasteiger partial charge in [0.15, 0.2) is 5.69 Å².